The zero-order valence-corrected chi connectivity index (χ0v) is 17.4. The maximum atomic E-state index is 11.0. The lowest BCUT2D eigenvalue weighted by Crippen LogP contribution is -2.19. The molecule has 1 aromatic heterocycles. The fourth-order valence-corrected chi connectivity index (χ4v) is 3.26. The summed E-state index contributed by atoms with van der Waals surface area (Å²) in [6, 6.07) is 27.6. The molecule has 5 nitrogen and oxygen atoms in total. The summed E-state index contributed by atoms with van der Waals surface area (Å²) < 4.78 is 7.77. The van der Waals surface area contributed by atoms with Crippen LogP contribution in [0.15, 0.2) is 91.1 Å². The maximum Gasteiger partial charge on any atom is 0.142 e. The summed E-state index contributed by atoms with van der Waals surface area (Å²) >= 11 is 0. The molecule has 0 radical (unpaired) electrons. The van der Waals surface area contributed by atoms with Gasteiger partial charge in [0, 0.05) is 17.4 Å². The van der Waals surface area contributed by atoms with E-state index in [1.165, 1.54) is 0 Å². The molecular weight excluding hydrogens is 386 g/mol. The van der Waals surface area contributed by atoms with Crippen LogP contribution < -0.4 is 10.1 Å². The van der Waals surface area contributed by atoms with E-state index in [4.69, 9.17) is 9.84 Å². The first kappa shape index (κ1) is 20.4. The van der Waals surface area contributed by atoms with E-state index in [0.29, 0.717) is 6.54 Å². The van der Waals surface area contributed by atoms with Crippen LogP contribution >= 0.6 is 0 Å². The second kappa shape index (κ2) is 9.76. The van der Waals surface area contributed by atoms with E-state index >= 15 is 0 Å². The van der Waals surface area contributed by atoms with Crippen molar-refractivity contribution in [3.05, 3.63) is 96.7 Å². The predicted molar refractivity (Wildman–Crippen MR) is 123 cm³/mol. The Hall–Kier alpha value is -3.86. The second-order valence-electron chi connectivity index (χ2n) is 7.33. The van der Waals surface area contributed by atoms with Crippen molar-refractivity contribution >= 4 is 12.0 Å². The molecule has 0 spiro atoms. The highest BCUT2D eigenvalue weighted by molar-refractivity contribution is 5.64. The van der Waals surface area contributed by atoms with Gasteiger partial charge in [0.2, 0.25) is 0 Å². The number of benzene rings is 3. The van der Waals surface area contributed by atoms with Crippen molar-refractivity contribution in [2.45, 2.75) is 25.9 Å². The molecule has 1 N–H and O–H groups in total. The Morgan fingerprint density at radius 3 is 2.32 bits per heavy atom. The topological polar surface area (TPSA) is 56.2 Å². The second-order valence-corrected chi connectivity index (χ2v) is 7.33. The third-order valence-corrected chi connectivity index (χ3v) is 5.02. The Bertz CT molecular complexity index is 1100. The lowest BCUT2D eigenvalue weighted by atomic mass is 10.1. The fourth-order valence-electron chi connectivity index (χ4n) is 3.26. The third kappa shape index (κ3) is 5.39. The number of carbonyl (C=O) groups is 1. The molecule has 0 aliphatic carbocycles. The molecule has 3 aromatic carbocycles. The standard InChI is InChI=1S/C26H25N3O2/c1-2-22(19-30)27-23-12-8-20(9-13-23)18-29-17-16-26(28-29)21-10-14-25(15-11-21)31-24-6-4-3-5-7-24/h3-17,19,22,27H,2,18H2,1H3. The molecule has 0 fully saturated rings. The van der Waals surface area contributed by atoms with Crippen molar-refractivity contribution in [1.29, 1.82) is 0 Å². The summed E-state index contributed by atoms with van der Waals surface area (Å²) in [5.41, 5.74) is 4.05. The van der Waals surface area contributed by atoms with Gasteiger partial charge in [-0.1, -0.05) is 37.3 Å². The Morgan fingerprint density at radius 2 is 1.65 bits per heavy atom. The van der Waals surface area contributed by atoms with Gasteiger partial charge in [0.15, 0.2) is 0 Å². The summed E-state index contributed by atoms with van der Waals surface area (Å²) in [6.07, 6.45) is 3.69. The van der Waals surface area contributed by atoms with Crippen molar-refractivity contribution in [3.63, 3.8) is 0 Å². The Balaban J connectivity index is 1.38. The molecular formula is C26H25N3O2. The lowest BCUT2D eigenvalue weighted by Gasteiger charge is -2.12. The number of ether oxygens (including phenoxy) is 1. The number of rotatable bonds is 9. The minimum absolute atomic E-state index is 0.149. The lowest BCUT2D eigenvalue weighted by molar-refractivity contribution is -0.108. The van der Waals surface area contributed by atoms with Gasteiger partial charge in [-0.3, -0.25) is 4.68 Å². The van der Waals surface area contributed by atoms with E-state index in [1.807, 2.05) is 90.6 Å². The van der Waals surface area contributed by atoms with Crippen molar-refractivity contribution in [2.75, 3.05) is 5.32 Å². The number of hydrogen-bond acceptors (Lipinski definition) is 4. The van der Waals surface area contributed by atoms with Crippen LogP contribution in [0.2, 0.25) is 0 Å². The summed E-state index contributed by atoms with van der Waals surface area (Å²) in [6.45, 7) is 2.67. The van der Waals surface area contributed by atoms with Gasteiger partial charge in [-0.15, -0.1) is 0 Å². The van der Waals surface area contributed by atoms with Crippen LogP contribution in [0.5, 0.6) is 11.5 Å². The minimum Gasteiger partial charge on any atom is -0.457 e. The molecule has 0 aliphatic heterocycles. The summed E-state index contributed by atoms with van der Waals surface area (Å²) in [5, 5.41) is 7.91. The zero-order valence-electron chi connectivity index (χ0n) is 17.4. The number of carbonyl (C=O) groups excluding carboxylic acids is 1. The first-order chi connectivity index (χ1) is 15.2. The van der Waals surface area contributed by atoms with Gasteiger partial charge in [-0.2, -0.15) is 5.10 Å². The van der Waals surface area contributed by atoms with Gasteiger partial charge >= 0.3 is 0 Å². The van der Waals surface area contributed by atoms with Crippen molar-refractivity contribution in [3.8, 4) is 22.8 Å². The van der Waals surface area contributed by atoms with Crippen molar-refractivity contribution in [2.24, 2.45) is 0 Å². The highest BCUT2D eigenvalue weighted by Crippen LogP contribution is 2.25. The summed E-state index contributed by atoms with van der Waals surface area (Å²) in [7, 11) is 0. The van der Waals surface area contributed by atoms with Crippen LogP contribution in [0.1, 0.15) is 18.9 Å². The molecule has 0 bridgehead atoms. The van der Waals surface area contributed by atoms with Crippen LogP contribution in [-0.2, 0) is 11.3 Å². The largest absolute Gasteiger partial charge is 0.457 e. The zero-order chi connectivity index (χ0) is 21.5. The van der Waals surface area contributed by atoms with E-state index in [0.717, 1.165) is 46.7 Å². The molecule has 1 unspecified atom stereocenters. The molecule has 4 aromatic rings. The van der Waals surface area contributed by atoms with E-state index in [2.05, 4.69) is 17.4 Å². The third-order valence-electron chi connectivity index (χ3n) is 5.02. The Labute approximate surface area is 182 Å². The quantitative estimate of drug-likeness (QED) is 0.355. The predicted octanol–water partition coefficient (Wildman–Crippen LogP) is 5.78. The van der Waals surface area contributed by atoms with Crippen LogP contribution in [0.25, 0.3) is 11.3 Å². The molecule has 5 heteroatoms. The molecule has 1 atom stereocenters. The SMILES string of the molecule is CCC(C=O)Nc1ccc(Cn2ccc(-c3ccc(Oc4ccccc4)cc3)n2)cc1. The van der Waals surface area contributed by atoms with Crippen LogP contribution in [0.4, 0.5) is 5.69 Å². The molecule has 0 amide bonds. The van der Waals surface area contributed by atoms with Gasteiger partial charge in [-0.25, -0.2) is 0 Å². The van der Waals surface area contributed by atoms with E-state index in [1.54, 1.807) is 0 Å². The number of aromatic nitrogens is 2. The van der Waals surface area contributed by atoms with E-state index in [9.17, 15) is 4.79 Å². The average molecular weight is 412 g/mol. The molecule has 0 saturated carbocycles. The number of hydrogen-bond donors (Lipinski definition) is 1. The van der Waals surface area contributed by atoms with Crippen molar-refractivity contribution in [1.82, 2.24) is 9.78 Å². The smallest absolute Gasteiger partial charge is 0.142 e. The van der Waals surface area contributed by atoms with Gasteiger partial charge in [-0.05, 0) is 66.6 Å². The number of anilines is 1. The average Bonchev–Trinajstić information content (AvgIpc) is 3.28. The highest BCUT2D eigenvalue weighted by Gasteiger charge is 2.06. The van der Waals surface area contributed by atoms with E-state index in [-0.39, 0.29) is 6.04 Å². The van der Waals surface area contributed by atoms with Gasteiger partial charge < -0.3 is 14.8 Å². The van der Waals surface area contributed by atoms with Crippen LogP contribution in [-0.4, -0.2) is 22.1 Å². The van der Waals surface area contributed by atoms with Gasteiger partial charge in [0.05, 0.1) is 18.3 Å². The van der Waals surface area contributed by atoms with Gasteiger partial charge in [0.25, 0.3) is 0 Å². The molecule has 4 rings (SSSR count). The minimum atomic E-state index is -0.149. The fraction of sp³-hybridized carbons (Fsp3) is 0.154. The maximum absolute atomic E-state index is 11.0. The van der Waals surface area contributed by atoms with Crippen LogP contribution in [0.3, 0.4) is 0 Å². The molecule has 156 valence electrons. The summed E-state index contributed by atoms with van der Waals surface area (Å²) in [5.74, 6) is 1.61. The molecule has 1 heterocycles. The van der Waals surface area contributed by atoms with Crippen LogP contribution in [0, 0.1) is 0 Å². The molecule has 0 aliphatic rings. The number of nitrogens with zero attached hydrogens (tertiary/aromatic N) is 2. The first-order valence-corrected chi connectivity index (χ1v) is 10.4. The molecule has 31 heavy (non-hydrogen) atoms. The Morgan fingerprint density at radius 1 is 0.935 bits per heavy atom. The monoisotopic (exact) mass is 411 g/mol. The number of nitrogens with one attached hydrogen (secondary N) is 1. The first-order valence-electron chi connectivity index (χ1n) is 10.4. The van der Waals surface area contributed by atoms with Crippen molar-refractivity contribution < 1.29 is 9.53 Å². The normalized spacial score (nSPS) is 11.6. The highest BCUT2D eigenvalue weighted by atomic mass is 16.5. The number of aldehydes is 1. The molecule has 0 saturated heterocycles. The summed E-state index contributed by atoms with van der Waals surface area (Å²) in [4.78, 5) is 11.0. The van der Waals surface area contributed by atoms with Gasteiger partial charge in [0.1, 0.15) is 17.8 Å². The van der Waals surface area contributed by atoms with E-state index < -0.39 is 0 Å². The Kier molecular flexibility index (Phi) is 6.43. The number of para-hydroxylation sites is 1.